The van der Waals surface area contributed by atoms with E-state index in [4.69, 9.17) is 11.6 Å². The monoisotopic (exact) mass is 396 g/mol. The van der Waals surface area contributed by atoms with Crippen LogP contribution in [0, 0.1) is 0 Å². The summed E-state index contributed by atoms with van der Waals surface area (Å²) in [5, 5.41) is 11.9. The number of aromatic hydroxyl groups is 1. The average Bonchev–Trinajstić information content (AvgIpc) is 2.64. The van der Waals surface area contributed by atoms with Crippen molar-refractivity contribution in [1.82, 2.24) is 4.98 Å². The largest absolute Gasteiger partial charge is 0.506 e. The zero-order valence-corrected chi connectivity index (χ0v) is 16.3. The van der Waals surface area contributed by atoms with Crippen LogP contribution in [0.5, 0.6) is 5.75 Å². The molecule has 4 rings (SSSR count). The number of aromatic nitrogens is 1. The van der Waals surface area contributed by atoms with Gasteiger partial charge in [0.25, 0.3) is 11.5 Å². The number of hydrogen-bond donors (Lipinski definition) is 2. The summed E-state index contributed by atoms with van der Waals surface area (Å²) >= 11 is 5.97. The number of H-pyrrole nitrogens is 1. The van der Waals surface area contributed by atoms with Gasteiger partial charge >= 0.3 is 0 Å². The number of nitrogens with zero attached hydrogens (tertiary/aromatic N) is 1. The Bertz CT molecular complexity index is 1120. The van der Waals surface area contributed by atoms with Crippen molar-refractivity contribution in [3.8, 4) is 5.75 Å². The number of pyridine rings is 1. The van der Waals surface area contributed by atoms with Gasteiger partial charge in [0.2, 0.25) is 0 Å². The highest BCUT2D eigenvalue weighted by Gasteiger charge is 2.27. The number of halogens is 1. The molecule has 1 aliphatic carbocycles. The van der Waals surface area contributed by atoms with Crippen LogP contribution >= 0.6 is 11.6 Å². The molecule has 0 saturated heterocycles. The standard InChI is InChI=1S/C22H21ClN2O3/c1-2-3-12-25(15-8-6-14(23)7-9-15)22(28)18-20(26)17-11-5-13-4-10-16(13)19(17)24-21(18)27/h5-9,11H,2-4,10,12H2,1H3,(H2,24,26,27). The topological polar surface area (TPSA) is 73.4 Å². The molecule has 0 radical (unpaired) electrons. The third-order valence-corrected chi connectivity index (χ3v) is 5.60. The van der Waals surface area contributed by atoms with Crippen LogP contribution in [0.15, 0.2) is 41.2 Å². The minimum absolute atomic E-state index is 0.224. The predicted molar refractivity (Wildman–Crippen MR) is 112 cm³/mol. The summed E-state index contributed by atoms with van der Waals surface area (Å²) in [5.74, 6) is -0.770. The number of amides is 1. The van der Waals surface area contributed by atoms with Crippen molar-refractivity contribution >= 4 is 34.1 Å². The van der Waals surface area contributed by atoms with Crippen LogP contribution in [0.3, 0.4) is 0 Å². The van der Waals surface area contributed by atoms with Crippen LogP contribution < -0.4 is 10.5 Å². The maximum Gasteiger partial charge on any atom is 0.267 e. The highest BCUT2D eigenvalue weighted by atomic mass is 35.5. The summed E-state index contributed by atoms with van der Waals surface area (Å²) < 4.78 is 0. The quantitative estimate of drug-likeness (QED) is 0.669. The van der Waals surface area contributed by atoms with Gasteiger partial charge in [0, 0.05) is 22.6 Å². The second kappa shape index (κ2) is 7.32. The number of aromatic amines is 1. The van der Waals surface area contributed by atoms with Gasteiger partial charge in [0.05, 0.1) is 5.52 Å². The van der Waals surface area contributed by atoms with Crippen LogP contribution in [-0.4, -0.2) is 22.5 Å². The number of fused-ring (bicyclic) bond motifs is 3. The molecular formula is C22H21ClN2O3. The van der Waals surface area contributed by atoms with E-state index in [2.05, 4.69) is 4.98 Å². The third kappa shape index (κ3) is 3.06. The molecule has 28 heavy (non-hydrogen) atoms. The zero-order chi connectivity index (χ0) is 19.8. The second-order valence-electron chi connectivity index (χ2n) is 7.09. The van der Waals surface area contributed by atoms with Gasteiger partial charge in [-0.15, -0.1) is 0 Å². The van der Waals surface area contributed by atoms with E-state index in [1.807, 2.05) is 13.0 Å². The lowest BCUT2D eigenvalue weighted by molar-refractivity contribution is 0.0982. The molecule has 5 nitrogen and oxygen atoms in total. The minimum atomic E-state index is -0.564. The molecule has 0 fully saturated rings. The number of nitrogens with one attached hydrogen (secondary N) is 1. The molecule has 1 aromatic heterocycles. The fourth-order valence-electron chi connectivity index (χ4n) is 3.67. The van der Waals surface area contributed by atoms with E-state index in [9.17, 15) is 14.7 Å². The SMILES string of the molecule is CCCCN(C(=O)c1c(O)c2ccc3c(c2[nH]c1=O)CC3)c1ccc(Cl)cc1. The molecule has 0 aliphatic heterocycles. The molecule has 2 aromatic carbocycles. The third-order valence-electron chi connectivity index (χ3n) is 5.34. The molecule has 1 amide bonds. The number of carbonyl (C=O) groups excluding carboxylic acids is 1. The number of aryl methyl sites for hydroxylation is 2. The van der Waals surface area contributed by atoms with E-state index in [1.54, 1.807) is 30.3 Å². The number of benzene rings is 2. The minimum Gasteiger partial charge on any atom is -0.506 e. The Hall–Kier alpha value is -2.79. The first-order valence-corrected chi connectivity index (χ1v) is 9.86. The zero-order valence-electron chi connectivity index (χ0n) is 15.6. The Labute approximate surface area is 167 Å². The Balaban J connectivity index is 1.82. The molecule has 6 heteroatoms. The Morgan fingerprint density at radius 2 is 1.93 bits per heavy atom. The first-order valence-electron chi connectivity index (χ1n) is 9.48. The van der Waals surface area contributed by atoms with Crippen LogP contribution in [0.25, 0.3) is 10.9 Å². The van der Waals surface area contributed by atoms with E-state index in [1.165, 1.54) is 10.5 Å². The van der Waals surface area contributed by atoms with Gasteiger partial charge in [-0.25, -0.2) is 0 Å². The smallest absolute Gasteiger partial charge is 0.267 e. The summed E-state index contributed by atoms with van der Waals surface area (Å²) in [6.45, 7) is 2.47. The van der Waals surface area contributed by atoms with Gasteiger partial charge in [0.15, 0.2) is 0 Å². The summed E-state index contributed by atoms with van der Waals surface area (Å²) in [5.41, 5.74) is 2.70. The fraction of sp³-hybridized carbons (Fsp3) is 0.273. The van der Waals surface area contributed by atoms with Crippen molar-refractivity contribution < 1.29 is 9.90 Å². The Kier molecular flexibility index (Phi) is 4.85. The lowest BCUT2D eigenvalue weighted by Gasteiger charge is -2.24. The highest BCUT2D eigenvalue weighted by molar-refractivity contribution is 6.30. The predicted octanol–water partition coefficient (Wildman–Crippen LogP) is 4.43. The first-order chi connectivity index (χ1) is 13.5. The van der Waals surface area contributed by atoms with Crippen LogP contribution in [0.2, 0.25) is 5.02 Å². The molecule has 144 valence electrons. The van der Waals surface area contributed by atoms with Crippen molar-refractivity contribution in [2.24, 2.45) is 0 Å². The van der Waals surface area contributed by atoms with Gasteiger partial charge in [-0.3, -0.25) is 9.59 Å². The van der Waals surface area contributed by atoms with E-state index in [0.29, 0.717) is 28.2 Å². The average molecular weight is 397 g/mol. The molecule has 3 aromatic rings. The van der Waals surface area contributed by atoms with Gasteiger partial charge in [-0.1, -0.05) is 31.0 Å². The normalized spacial score (nSPS) is 12.5. The van der Waals surface area contributed by atoms with E-state index in [-0.39, 0.29) is 11.3 Å². The van der Waals surface area contributed by atoms with Crippen molar-refractivity contribution in [3.05, 3.63) is 68.5 Å². The molecule has 0 atom stereocenters. The Morgan fingerprint density at radius 3 is 2.57 bits per heavy atom. The van der Waals surface area contributed by atoms with Crippen LogP contribution in [0.4, 0.5) is 5.69 Å². The summed E-state index contributed by atoms with van der Waals surface area (Å²) in [6, 6.07) is 10.6. The van der Waals surface area contributed by atoms with E-state index >= 15 is 0 Å². The molecule has 0 bridgehead atoms. The fourth-order valence-corrected chi connectivity index (χ4v) is 3.80. The lowest BCUT2D eigenvalue weighted by Crippen LogP contribution is -2.36. The number of rotatable bonds is 5. The van der Waals surface area contributed by atoms with Crippen molar-refractivity contribution in [1.29, 1.82) is 0 Å². The van der Waals surface area contributed by atoms with Gasteiger partial charge in [0.1, 0.15) is 11.3 Å². The summed E-state index contributed by atoms with van der Waals surface area (Å²) in [7, 11) is 0. The first kappa shape index (κ1) is 18.6. The highest BCUT2D eigenvalue weighted by Crippen LogP contribution is 2.34. The van der Waals surface area contributed by atoms with Gasteiger partial charge < -0.3 is 15.0 Å². The van der Waals surface area contributed by atoms with E-state index in [0.717, 1.165) is 31.2 Å². The molecule has 1 heterocycles. The molecule has 0 saturated carbocycles. The molecule has 0 spiro atoms. The molecule has 0 unspecified atom stereocenters. The lowest BCUT2D eigenvalue weighted by atomic mass is 9.86. The van der Waals surface area contributed by atoms with Crippen molar-refractivity contribution in [2.75, 3.05) is 11.4 Å². The van der Waals surface area contributed by atoms with E-state index < -0.39 is 11.5 Å². The number of anilines is 1. The summed E-state index contributed by atoms with van der Waals surface area (Å²) in [6.07, 6.45) is 3.50. The van der Waals surface area contributed by atoms with Gasteiger partial charge in [-0.05, 0) is 60.7 Å². The molecular weight excluding hydrogens is 376 g/mol. The van der Waals surface area contributed by atoms with Gasteiger partial charge in [-0.2, -0.15) is 0 Å². The number of carbonyl (C=O) groups is 1. The van der Waals surface area contributed by atoms with Crippen LogP contribution in [-0.2, 0) is 12.8 Å². The van der Waals surface area contributed by atoms with Crippen molar-refractivity contribution in [2.45, 2.75) is 32.6 Å². The Morgan fingerprint density at radius 1 is 1.18 bits per heavy atom. The maximum atomic E-state index is 13.3. The van der Waals surface area contributed by atoms with Crippen LogP contribution in [0.1, 0.15) is 41.3 Å². The number of hydrogen-bond acceptors (Lipinski definition) is 3. The van der Waals surface area contributed by atoms with Crippen molar-refractivity contribution in [3.63, 3.8) is 0 Å². The second-order valence-corrected chi connectivity index (χ2v) is 7.53. The molecule has 1 aliphatic rings. The molecule has 2 N–H and O–H groups in total. The number of unbranched alkanes of at least 4 members (excludes halogenated alkanes) is 1. The summed E-state index contributed by atoms with van der Waals surface area (Å²) in [4.78, 5) is 30.4. The maximum absolute atomic E-state index is 13.3.